The average molecular weight is 310 g/mol. The molecular weight excluding hydrogens is 276 g/mol. The van der Waals surface area contributed by atoms with Gasteiger partial charge in [0.15, 0.2) is 0 Å². The molecule has 1 rings (SSSR count). The fourth-order valence-corrected chi connectivity index (χ4v) is 3.34. The van der Waals surface area contributed by atoms with Crippen LogP contribution in [0.15, 0.2) is 12.2 Å². The molecule has 0 aromatic heterocycles. The number of hydrogen-bond donors (Lipinski definition) is 2. The standard InChI is InChI=1S/C19H34O3/c1-2-3-5-8-16-11-13-17(14-12-16)9-6-4-7-10-18(15-20)19(21)22/h11,13,16-18,20H,2-10,12,14-15H2,1H3,(H,21,22). The van der Waals surface area contributed by atoms with Crippen molar-refractivity contribution in [3.63, 3.8) is 0 Å². The van der Waals surface area contributed by atoms with E-state index in [1.807, 2.05) is 0 Å². The van der Waals surface area contributed by atoms with Crippen LogP contribution < -0.4 is 0 Å². The van der Waals surface area contributed by atoms with Gasteiger partial charge in [0.25, 0.3) is 0 Å². The van der Waals surface area contributed by atoms with E-state index in [1.165, 1.54) is 51.4 Å². The maximum Gasteiger partial charge on any atom is 0.308 e. The first kappa shape index (κ1) is 19.2. The molecular formula is C19H34O3. The van der Waals surface area contributed by atoms with Crippen molar-refractivity contribution >= 4 is 5.97 Å². The van der Waals surface area contributed by atoms with Crippen LogP contribution in [0.25, 0.3) is 0 Å². The summed E-state index contributed by atoms with van der Waals surface area (Å²) in [6.07, 6.45) is 17.9. The Hall–Kier alpha value is -0.830. The third-order valence-electron chi connectivity index (χ3n) is 4.94. The fraction of sp³-hybridized carbons (Fsp3) is 0.842. The molecule has 0 aromatic carbocycles. The average Bonchev–Trinajstić information content (AvgIpc) is 2.52. The van der Waals surface area contributed by atoms with Crippen molar-refractivity contribution in [1.82, 2.24) is 0 Å². The van der Waals surface area contributed by atoms with E-state index in [2.05, 4.69) is 19.1 Å². The Morgan fingerprint density at radius 2 is 1.64 bits per heavy atom. The van der Waals surface area contributed by atoms with Crippen molar-refractivity contribution in [1.29, 1.82) is 0 Å². The summed E-state index contributed by atoms with van der Waals surface area (Å²) in [7, 11) is 0. The Labute approximate surface area is 135 Å². The highest BCUT2D eigenvalue weighted by atomic mass is 16.4. The van der Waals surface area contributed by atoms with E-state index in [-0.39, 0.29) is 6.61 Å². The molecule has 1 aliphatic rings. The zero-order valence-corrected chi connectivity index (χ0v) is 14.2. The summed E-state index contributed by atoms with van der Waals surface area (Å²) in [5.74, 6) is 0.101. The van der Waals surface area contributed by atoms with Crippen LogP contribution in [0.1, 0.15) is 77.6 Å². The van der Waals surface area contributed by atoms with E-state index < -0.39 is 11.9 Å². The van der Waals surface area contributed by atoms with Crippen molar-refractivity contribution in [3.8, 4) is 0 Å². The number of aliphatic hydroxyl groups is 1. The van der Waals surface area contributed by atoms with Crippen LogP contribution in [-0.4, -0.2) is 22.8 Å². The summed E-state index contributed by atoms with van der Waals surface area (Å²) in [5, 5.41) is 17.8. The highest BCUT2D eigenvalue weighted by Gasteiger charge is 2.17. The number of hydrogen-bond acceptors (Lipinski definition) is 2. The van der Waals surface area contributed by atoms with Gasteiger partial charge in [0.1, 0.15) is 0 Å². The number of carbonyl (C=O) groups is 1. The van der Waals surface area contributed by atoms with Gasteiger partial charge >= 0.3 is 5.97 Å². The van der Waals surface area contributed by atoms with Crippen LogP contribution >= 0.6 is 0 Å². The van der Waals surface area contributed by atoms with E-state index in [4.69, 9.17) is 10.2 Å². The van der Waals surface area contributed by atoms with Gasteiger partial charge in [-0.25, -0.2) is 0 Å². The van der Waals surface area contributed by atoms with E-state index in [0.29, 0.717) is 6.42 Å². The van der Waals surface area contributed by atoms with Gasteiger partial charge in [0.05, 0.1) is 12.5 Å². The lowest BCUT2D eigenvalue weighted by atomic mass is 9.83. The maximum atomic E-state index is 10.8. The number of carboxylic acids is 1. The Kier molecular flexibility index (Phi) is 10.2. The summed E-state index contributed by atoms with van der Waals surface area (Å²) in [4.78, 5) is 10.8. The van der Waals surface area contributed by atoms with Crippen molar-refractivity contribution in [2.45, 2.75) is 77.6 Å². The van der Waals surface area contributed by atoms with Gasteiger partial charge < -0.3 is 10.2 Å². The Bertz CT molecular complexity index is 325. The normalized spacial score (nSPS) is 22.6. The molecule has 0 aliphatic heterocycles. The Balaban J connectivity index is 2.07. The molecule has 2 N–H and O–H groups in total. The minimum atomic E-state index is -0.869. The van der Waals surface area contributed by atoms with E-state index >= 15 is 0 Å². The first-order chi connectivity index (χ1) is 10.7. The van der Waals surface area contributed by atoms with Gasteiger partial charge in [-0.2, -0.15) is 0 Å². The summed E-state index contributed by atoms with van der Waals surface area (Å²) < 4.78 is 0. The van der Waals surface area contributed by atoms with E-state index in [1.54, 1.807) is 0 Å². The number of allylic oxidation sites excluding steroid dienone is 2. The lowest BCUT2D eigenvalue weighted by Gasteiger charge is -2.23. The molecule has 3 unspecified atom stereocenters. The van der Waals surface area contributed by atoms with E-state index in [0.717, 1.165) is 24.7 Å². The number of aliphatic carboxylic acids is 1. The Morgan fingerprint density at radius 3 is 2.09 bits per heavy atom. The van der Waals surface area contributed by atoms with Gasteiger partial charge in [-0.3, -0.25) is 4.79 Å². The molecule has 0 radical (unpaired) electrons. The second kappa shape index (κ2) is 11.7. The number of rotatable bonds is 12. The van der Waals surface area contributed by atoms with Crippen molar-refractivity contribution < 1.29 is 15.0 Å². The first-order valence-electron chi connectivity index (χ1n) is 9.19. The zero-order valence-electron chi connectivity index (χ0n) is 14.2. The fourth-order valence-electron chi connectivity index (χ4n) is 3.34. The molecule has 1 aliphatic carbocycles. The monoisotopic (exact) mass is 310 g/mol. The van der Waals surface area contributed by atoms with Crippen molar-refractivity contribution in [2.24, 2.45) is 17.8 Å². The van der Waals surface area contributed by atoms with Gasteiger partial charge in [-0.05, 0) is 43.9 Å². The molecule has 0 saturated carbocycles. The van der Waals surface area contributed by atoms with Gasteiger partial charge in [0.2, 0.25) is 0 Å². The molecule has 0 aromatic rings. The summed E-state index contributed by atoms with van der Waals surface area (Å²) in [5.41, 5.74) is 0. The molecule has 128 valence electrons. The van der Waals surface area contributed by atoms with Crippen LogP contribution in [0.2, 0.25) is 0 Å². The molecule has 0 heterocycles. The molecule has 0 spiro atoms. The summed E-state index contributed by atoms with van der Waals surface area (Å²) in [6, 6.07) is 0. The molecule has 3 atom stereocenters. The third kappa shape index (κ3) is 7.98. The molecule has 0 fully saturated rings. The van der Waals surface area contributed by atoms with Crippen LogP contribution in [-0.2, 0) is 4.79 Å². The van der Waals surface area contributed by atoms with Gasteiger partial charge in [-0.15, -0.1) is 0 Å². The Morgan fingerprint density at radius 1 is 1.05 bits per heavy atom. The molecule has 0 bridgehead atoms. The lowest BCUT2D eigenvalue weighted by Crippen LogP contribution is -2.17. The van der Waals surface area contributed by atoms with Crippen LogP contribution in [0.3, 0.4) is 0 Å². The molecule has 3 nitrogen and oxygen atoms in total. The third-order valence-corrected chi connectivity index (χ3v) is 4.94. The maximum absolute atomic E-state index is 10.8. The first-order valence-corrected chi connectivity index (χ1v) is 9.19. The minimum Gasteiger partial charge on any atom is -0.481 e. The van der Waals surface area contributed by atoms with Crippen molar-refractivity contribution in [3.05, 3.63) is 12.2 Å². The second-order valence-corrected chi connectivity index (χ2v) is 6.83. The smallest absolute Gasteiger partial charge is 0.308 e. The highest BCUT2D eigenvalue weighted by molar-refractivity contribution is 5.69. The molecule has 22 heavy (non-hydrogen) atoms. The number of aliphatic hydroxyl groups excluding tert-OH is 1. The molecule has 0 saturated heterocycles. The number of unbranched alkanes of at least 4 members (excludes halogenated alkanes) is 4. The second-order valence-electron chi connectivity index (χ2n) is 6.83. The molecule has 0 amide bonds. The van der Waals surface area contributed by atoms with Gasteiger partial charge in [0, 0.05) is 0 Å². The largest absolute Gasteiger partial charge is 0.481 e. The minimum absolute atomic E-state index is 0.236. The summed E-state index contributed by atoms with van der Waals surface area (Å²) in [6.45, 7) is 2.02. The zero-order chi connectivity index (χ0) is 16.2. The quantitative estimate of drug-likeness (QED) is 0.402. The van der Waals surface area contributed by atoms with Crippen LogP contribution in [0, 0.1) is 17.8 Å². The SMILES string of the molecule is CCCCCC1C=CC(CCCCCC(CO)C(=O)O)CC1. The number of carboxylic acid groups (broad SMARTS) is 1. The summed E-state index contributed by atoms with van der Waals surface area (Å²) >= 11 is 0. The topological polar surface area (TPSA) is 57.5 Å². The van der Waals surface area contributed by atoms with Crippen LogP contribution in [0.4, 0.5) is 0 Å². The van der Waals surface area contributed by atoms with Gasteiger partial charge in [-0.1, -0.05) is 57.6 Å². The predicted octanol–water partition coefficient (Wildman–Crippen LogP) is 4.79. The van der Waals surface area contributed by atoms with Crippen molar-refractivity contribution in [2.75, 3.05) is 6.61 Å². The highest BCUT2D eigenvalue weighted by Crippen LogP contribution is 2.29. The molecule has 3 heteroatoms. The van der Waals surface area contributed by atoms with E-state index in [9.17, 15) is 4.79 Å². The van der Waals surface area contributed by atoms with Crippen LogP contribution in [0.5, 0.6) is 0 Å². The predicted molar refractivity (Wildman–Crippen MR) is 90.8 cm³/mol. The lowest BCUT2D eigenvalue weighted by molar-refractivity contribution is -0.143.